The number of aromatic nitrogens is 2. The molecule has 1 atom stereocenters. The van der Waals surface area contributed by atoms with Crippen molar-refractivity contribution < 1.29 is 14.9 Å². The standard InChI is InChI=1S/C27H24N6O3S2/c1-16-4-3-5-18(10-16)31-27-32-19(15-38-27)14-37-26-22(11-28)23(24(30-2)25(29)33-26)17-6-8-21(9-7-17)36-13-20(35)12-34/h3-10,15,20,34-35H,12-14H2,1H3,(H2,29,33)(H,31,32)/t20-/m0/s1. The summed E-state index contributed by atoms with van der Waals surface area (Å²) in [7, 11) is 0. The first-order chi connectivity index (χ1) is 18.4. The number of pyridine rings is 1. The number of benzene rings is 2. The first kappa shape index (κ1) is 26.9. The average Bonchev–Trinajstić information content (AvgIpc) is 3.37. The summed E-state index contributed by atoms with van der Waals surface area (Å²) in [5.74, 6) is 0.978. The zero-order valence-electron chi connectivity index (χ0n) is 20.4. The van der Waals surface area contributed by atoms with Gasteiger partial charge in [0, 0.05) is 22.4 Å². The molecule has 0 saturated heterocycles. The predicted octanol–water partition coefficient (Wildman–Crippen LogP) is 5.29. The summed E-state index contributed by atoms with van der Waals surface area (Å²) in [5, 5.41) is 34.9. The molecule has 5 N–H and O–H groups in total. The van der Waals surface area contributed by atoms with E-state index in [2.05, 4.69) is 26.2 Å². The Morgan fingerprint density at radius 1 is 1.26 bits per heavy atom. The van der Waals surface area contributed by atoms with Crippen LogP contribution in [0.15, 0.2) is 58.9 Å². The van der Waals surface area contributed by atoms with Crippen molar-refractivity contribution in [3.05, 3.63) is 82.1 Å². The van der Waals surface area contributed by atoms with Gasteiger partial charge in [0.15, 0.2) is 5.13 Å². The van der Waals surface area contributed by atoms with E-state index in [-0.39, 0.29) is 23.7 Å². The fourth-order valence-electron chi connectivity index (χ4n) is 3.56. The highest BCUT2D eigenvalue weighted by Gasteiger charge is 2.21. The number of rotatable bonds is 10. The van der Waals surface area contributed by atoms with Crippen LogP contribution in [-0.4, -0.2) is 39.5 Å². The maximum atomic E-state index is 10.0. The van der Waals surface area contributed by atoms with E-state index < -0.39 is 12.7 Å². The summed E-state index contributed by atoms with van der Waals surface area (Å²) in [4.78, 5) is 12.5. The van der Waals surface area contributed by atoms with Gasteiger partial charge in [0.1, 0.15) is 35.4 Å². The van der Waals surface area contributed by atoms with E-state index in [0.29, 0.717) is 27.7 Å². The summed E-state index contributed by atoms with van der Waals surface area (Å²) < 4.78 is 5.46. The van der Waals surface area contributed by atoms with Crippen LogP contribution in [0.1, 0.15) is 16.8 Å². The maximum Gasteiger partial charge on any atom is 0.236 e. The Hall–Kier alpha value is -4.13. The summed E-state index contributed by atoms with van der Waals surface area (Å²) in [5.41, 5.74) is 10.4. The van der Waals surface area contributed by atoms with Crippen molar-refractivity contribution in [3.63, 3.8) is 0 Å². The summed E-state index contributed by atoms with van der Waals surface area (Å²) >= 11 is 2.82. The molecule has 4 aromatic rings. The van der Waals surface area contributed by atoms with Crippen molar-refractivity contribution in [3.8, 4) is 22.9 Å². The van der Waals surface area contributed by atoms with Gasteiger partial charge in [-0.15, -0.1) is 11.3 Å². The van der Waals surface area contributed by atoms with Crippen LogP contribution in [0.4, 0.5) is 22.3 Å². The van der Waals surface area contributed by atoms with E-state index >= 15 is 0 Å². The lowest BCUT2D eigenvalue weighted by Crippen LogP contribution is -2.21. The number of anilines is 3. The Morgan fingerprint density at radius 2 is 2.05 bits per heavy atom. The van der Waals surface area contributed by atoms with E-state index in [1.54, 1.807) is 24.3 Å². The van der Waals surface area contributed by atoms with Gasteiger partial charge in [0.05, 0.1) is 24.4 Å². The quantitative estimate of drug-likeness (QED) is 0.155. The second-order valence-electron chi connectivity index (χ2n) is 8.22. The zero-order chi connectivity index (χ0) is 27.1. The zero-order valence-corrected chi connectivity index (χ0v) is 22.0. The van der Waals surface area contributed by atoms with Crippen molar-refractivity contribution >= 4 is 45.4 Å². The Morgan fingerprint density at radius 3 is 2.74 bits per heavy atom. The van der Waals surface area contributed by atoms with Gasteiger partial charge in [-0.3, -0.25) is 0 Å². The number of nitriles is 1. The molecule has 9 nitrogen and oxygen atoms in total. The van der Waals surface area contributed by atoms with Crippen LogP contribution in [0.2, 0.25) is 0 Å². The third-order valence-corrected chi connectivity index (χ3v) is 7.18. The molecule has 11 heteroatoms. The largest absolute Gasteiger partial charge is 0.491 e. The summed E-state index contributed by atoms with van der Waals surface area (Å²) in [6, 6.07) is 17.0. The molecule has 2 heterocycles. The highest BCUT2D eigenvalue weighted by atomic mass is 32.2. The van der Waals surface area contributed by atoms with Gasteiger partial charge in [-0.25, -0.2) is 14.8 Å². The Labute approximate surface area is 228 Å². The summed E-state index contributed by atoms with van der Waals surface area (Å²) in [6.07, 6.45) is -0.986. The fraction of sp³-hybridized carbons (Fsp3) is 0.185. The van der Waals surface area contributed by atoms with E-state index in [1.807, 2.05) is 36.6 Å². The van der Waals surface area contributed by atoms with Crippen molar-refractivity contribution in [2.24, 2.45) is 0 Å². The molecular weight excluding hydrogens is 520 g/mol. The van der Waals surface area contributed by atoms with Gasteiger partial charge >= 0.3 is 0 Å². The third kappa shape index (κ3) is 6.40. The van der Waals surface area contributed by atoms with Gasteiger partial charge in [-0.05, 0) is 42.3 Å². The number of nitrogen functional groups attached to an aromatic ring is 1. The second kappa shape index (κ2) is 12.4. The number of thiazole rings is 1. The van der Waals surface area contributed by atoms with Gasteiger partial charge in [0.2, 0.25) is 5.69 Å². The minimum Gasteiger partial charge on any atom is -0.491 e. The van der Waals surface area contributed by atoms with E-state index in [4.69, 9.17) is 22.1 Å². The molecule has 0 fully saturated rings. The van der Waals surface area contributed by atoms with Crippen molar-refractivity contribution in [1.82, 2.24) is 9.97 Å². The molecular formula is C27H24N6O3S2. The fourth-order valence-corrected chi connectivity index (χ4v) is 5.28. The van der Waals surface area contributed by atoms with E-state index in [1.165, 1.54) is 23.1 Å². The molecule has 0 bridgehead atoms. The first-order valence-electron chi connectivity index (χ1n) is 11.5. The van der Waals surface area contributed by atoms with Crippen molar-refractivity contribution in [2.45, 2.75) is 23.8 Å². The predicted molar refractivity (Wildman–Crippen MR) is 150 cm³/mol. The molecule has 0 radical (unpaired) electrons. The topological polar surface area (TPSA) is 142 Å². The molecule has 0 unspecified atom stereocenters. The minimum atomic E-state index is -0.986. The van der Waals surface area contributed by atoms with Crippen molar-refractivity contribution in [2.75, 3.05) is 24.3 Å². The van der Waals surface area contributed by atoms with E-state index in [0.717, 1.165) is 22.1 Å². The number of aliphatic hydroxyl groups is 2. The normalized spacial score (nSPS) is 11.4. The molecule has 0 aliphatic rings. The van der Waals surface area contributed by atoms with Crippen LogP contribution in [0.3, 0.4) is 0 Å². The van der Waals surface area contributed by atoms with Gasteiger partial charge in [-0.2, -0.15) is 5.26 Å². The first-order valence-corrected chi connectivity index (χ1v) is 13.3. The number of ether oxygens (including phenoxy) is 1. The van der Waals surface area contributed by atoms with Crippen LogP contribution in [0.25, 0.3) is 16.0 Å². The number of aliphatic hydroxyl groups excluding tert-OH is 2. The molecule has 0 aliphatic carbocycles. The molecule has 0 amide bonds. The highest BCUT2D eigenvalue weighted by Crippen LogP contribution is 2.42. The van der Waals surface area contributed by atoms with Crippen LogP contribution < -0.4 is 15.8 Å². The monoisotopic (exact) mass is 544 g/mol. The number of thioether (sulfide) groups is 1. The van der Waals surface area contributed by atoms with Gasteiger partial charge in [0.25, 0.3) is 0 Å². The Bertz CT molecular complexity index is 1510. The smallest absolute Gasteiger partial charge is 0.236 e. The Balaban J connectivity index is 1.56. The van der Waals surface area contributed by atoms with Crippen LogP contribution in [-0.2, 0) is 5.75 Å². The van der Waals surface area contributed by atoms with Gasteiger partial charge < -0.3 is 26.0 Å². The lowest BCUT2D eigenvalue weighted by atomic mass is 10.00. The van der Waals surface area contributed by atoms with Crippen LogP contribution in [0.5, 0.6) is 5.75 Å². The number of hydrogen-bond donors (Lipinski definition) is 4. The van der Waals surface area contributed by atoms with Gasteiger partial charge in [-0.1, -0.05) is 36.0 Å². The number of nitrogens with zero attached hydrogens (tertiary/aromatic N) is 4. The molecule has 192 valence electrons. The lowest BCUT2D eigenvalue weighted by Gasteiger charge is -2.14. The van der Waals surface area contributed by atoms with Crippen molar-refractivity contribution in [1.29, 1.82) is 5.26 Å². The minimum absolute atomic E-state index is 0.0444. The molecule has 0 saturated carbocycles. The van der Waals surface area contributed by atoms with Crippen LogP contribution >= 0.6 is 23.1 Å². The average molecular weight is 545 g/mol. The third-order valence-electron chi connectivity index (χ3n) is 5.36. The number of nitrogens with one attached hydrogen (secondary N) is 1. The number of nitrogens with two attached hydrogens (primary N) is 1. The SMILES string of the molecule is [C-]#[N+]c1c(N)nc(SCc2csc(Nc3cccc(C)c3)n2)c(C#N)c1-c1ccc(OC[C@@H](O)CO)cc1. The molecule has 2 aromatic heterocycles. The molecule has 0 aliphatic heterocycles. The maximum absolute atomic E-state index is 10.0. The molecule has 38 heavy (non-hydrogen) atoms. The van der Waals surface area contributed by atoms with Crippen LogP contribution in [0, 0.1) is 24.8 Å². The molecule has 0 spiro atoms. The Kier molecular flexibility index (Phi) is 8.79. The van der Waals surface area contributed by atoms with E-state index in [9.17, 15) is 10.4 Å². The number of hydrogen-bond acceptors (Lipinski definition) is 10. The summed E-state index contributed by atoms with van der Waals surface area (Å²) in [6.45, 7) is 9.20. The number of aryl methyl sites for hydroxylation is 1. The lowest BCUT2D eigenvalue weighted by molar-refractivity contribution is 0.0536. The second-order valence-corrected chi connectivity index (χ2v) is 10.0. The molecule has 4 rings (SSSR count). The highest BCUT2D eigenvalue weighted by molar-refractivity contribution is 7.98. The molecule has 2 aromatic carbocycles.